The Kier molecular flexibility index (Phi) is 5.39. The predicted octanol–water partition coefficient (Wildman–Crippen LogP) is 2.75. The topological polar surface area (TPSA) is 63.7 Å². The van der Waals surface area contributed by atoms with Crippen LogP contribution in [0, 0.1) is 35.0 Å². The predicted molar refractivity (Wildman–Crippen MR) is 84.7 cm³/mol. The van der Waals surface area contributed by atoms with Crippen molar-refractivity contribution in [3.05, 3.63) is 65.0 Å². The van der Waals surface area contributed by atoms with Gasteiger partial charge in [0.25, 0.3) is 0 Å². The van der Waals surface area contributed by atoms with Crippen LogP contribution in [0.1, 0.15) is 5.56 Å². The Morgan fingerprint density at radius 2 is 1.43 bits per heavy atom. The van der Waals surface area contributed by atoms with Gasteiger partial charge in [-0.1, -0.05) is 30.3 Å². The maximum Gasteiger partial charge on any atom is 0.347 e. The molecule has 1 aliphatic heterocycles. The van der Waals surface area contributed by atoms with E-state index in [1.807, 2.05) is 30.3 Å². The maximum absolute atomic E-state index is 13.7. The van der Waals surface area contributed by atoms with E-state index in [2.05, 4.69) is 4.18 Å². The summed E-state index contributed by atoms with van der Waals surface area (Å²) in [5, 5.41) is 0. The van der Waals surface area contributed by atoms with Gasteiger partial charge in [-0.05, 0) is 5.56 Å². The van der Waals surface area contributed by atoms with Gasteiger partial charge in [-0.25, -0.2) is 22.0 Å². The van der Waals surface area contributed by atoms with Crippen LogP contribution in [0.4, 0.5) is 22.0 Å². The number of rotatable bonds is 5. The lowest BCUT2D eigenvalue weighted by molar-refractivity contribution is -0.144. The van der Waals surface area contributed by atoms with Crippen molar-refractivity contribution in [1.82, 2.24) is 4.90 Å². The van der Waals surface area contributed by atoms with Crippen molar-refractivity contribution < 1.29 is 39.3 Å². The Balaban J connectivity index is 1.70. The average molecular weight is 421 g/mol. The van der Waals surface area contributed by atoms with E-state index in [-0.39, 0.29) is 13.1 Å². The van der Waals surface area contributed by atoms with Gasteiger partial charge in [-0.15, -0.1) is 0 Å². The Hall–Kier alpha value is -2.53. The van der Waals surface area contributed by atoms with Crippen LogP contribution in [0.5, 0.6) is 0 Å². The van der Waals surface area contributed by atoms with Crippen LogP contribution in [0.2, 0.25) is 0 Å². The molecule has 150 valence electrons. The molecule has 1 fully saturated rings. The first-order chi connectivity index (χ1) is 13.1. The summed E-state index contributed by atoms with van der Waals surface area (Å²) in [7, 11) is -5.54. The highest BCUT2D eigenvalue weighted by Crippen LogP contribution is 2.29. The van der Waals surface area contributed by atoms with Crippen LogP contribution < -0.4 is 0 Å². The molecule has 28 heavy (non-hydrogen) atoms. The van der Waals surface area contributed by atoms with Gasteiger partial charge >= 0.3 is 16.1 Å². The fourth-order valence-electron chi connectivity index (χ4n) is 2.71. The van der Waals surface area contributed by atoms with Crippen molar-refractivity contribution in [2.45, 2.75) is 11.4 Å². The van der Waals surface area contributed by atoms with Crippen LogP contribution in [-0.4, -0.2) is 32.4 Å². The summed E-state index contributed by atoms with van der Waals surface area (Å²) < 4.78 is 94.7. The molecule has 11 heteroatoms. The van der Waals surface area contributed by atoms with E-state index < -0.39 is 56.0 Å². The highest BCUT2D eigenvalue weighted by atomic mass is 32.2. The molecule has 5 nitrogen and oxygen atoms in total. The minimum absolute atomic E-state index is 0.111. The monoisotopic (exact) mass is 421 g/mol. The van der Waals surface area contributed by atoms with Gasteiger partial charge in [0, 0.05) is 19.6 Å². The van der Waals surface area contributed by atoms with Gasteiger partial charge in [0.05, 0.1) is 5.92 Å². The van der Waals surface area contributed by atoms with Crippen LogP contribution >= 0.6 is 0 Å². The summed E-state index contributed by atoms with van der Waals surface area (Å²) in [6.07, 6.45) is 0. The molecule has 0 amide bonds. The Morgan fingerprint density at radius 1 is 0.929 bits per heavy atom. The molecule has 0 bridgehead atoms. The normalized spacial score (nSPS) is 15.3. The van der Waals surface area contributed by atoms with E-state index in [0.717, 1.165) is 5.56 Å². The van der Waals surface area contributed by atoms with Gasteiger partial charge in [0.15, 0.2) is 28.2 Å². The quantitative estimate of drug-likeness (QED) is 0.322. The van der Waals surface area contributed by atoms with Crippen molar-refractivity contribution in [3.8, 4) is 0 Å². The number of nitrogens with zero attached hydrogens (tertiary/aromatic N) is 1. The van der Waals surface area contributed by atoms with Crippen molar-refractivity contribution in [1.29, 1.82) is 0 Å². The summed E-state index contributed by atoms with van der Waals surface area (Å²) in [6, 6.07) is 9.15. The van der Waals surface area contributed by atoms with Crippen molar-refractivity contribution in [3.63, 3.8) is 0 Å². The minimum Gasteiger partial charge on any atom is -0.342 e. The number of hydrogen-bond acceptors (Lipinski definition) is 5. The molecule has 0 radical (unpaired) electrons. The summed E-state index contributed by atoms with van der Waals surface area (Å²) in [4.78, 5) is 11.5. The van der Waals surface area contributed by atoms with E-state index in [9.17, 15) is 35.2 Å². The molecule has 1 aliphatic rings. The van der Waals surface area contributed by atoms with Crippen molar-refractivity contribution >= 4 is 16.1 Å². The van der Waals surface area contributed by atoms with Gasteiger partial charge in [-0.3, -0.25) is 9.69 Å². The third-order valence-electron chi connectivity index (χ3n) is 4.15. The zero-order valence-electron chi connectivity index (χ0n) is 14.0. The average Bonchev–Trinajstić information content (AvgIpc) is 2.61. The van der Waals surface area contributed by atoms with Crippen LogP contribution in [0.3, 0.4) is 0 Å². The molecule has 0 N–H and O–H groups in total. The van der Waals surface area contributed by atoms with Crippen molar-refractivity contribution in [2.24, 2.45) is 5.92 Å². The van der Waals surface area contributed by atoms with E-state index in [1.54, 1.807) is 4.90 Å². The Morgan fingerprint density at radius 3 is 1.96 bits per heavy atom. The van der Waals surface area contributed by atoms with Gasteiger partial charge in [0.1, 0.15) is 0 Å². The van der Waals surface area contributed by atoms with E-state index >= 15 is 0 Å². The molecule has 3 rings (SSSR count). The second-order valence-corrected chi connectivity index (χ2v) is 7.62. The smallest absolute Gasteiger partial charge is 0.342 e. The highest BCUT2D eigenvalue weighted by molar-refractivity contribution is 7.87. The number of carbonyl (C=O) groups excluding carboxylic acids is 1. The SMILES string of the molecule is O=C(OS(=O)(=O)c1c(F)c(F)c(F)c(F)c1F)C1CN(Cc2ccccc2)C1. The number of benzene rings is 2. The Labute approximate surface area is 156 Å². The standard InChI is InChI=1S/C17H12F5NO4S/c18-11-12(19)14(21)16(15(22)13(11)20)28(25,26)27-17(24)10-7-23(8-10)6-9-4-2-1-3-5-9/h1-5,10H,6-8H2. The lowest BCUT2D eigenvalue weighted by Gasteiger charge is -2.37. The molecular formula is C17H12F5NO4S. The zero-order chi connectivity index (χ0) is 20.6. The maximum atomic E-state index is 13.7. The second-order valence-electron chi connectivity index (χ2n) is 6.13. The highest BCUT2D eigenvalue weighted by Gasteiger charge is 2.40. The third-order valence-corrected chi connectivity index (χ3v) is 5.39. The number of halogens is 5. The summed E-state index contributed by atoms with van der Waals surface area (Å²) in [5.74, 6) is -14.9. The Bertz CT molecular complexity index is 995. The van der Waals surface area contributed by atoms with Crippen LogP contribution in [-0.2, 0) is 25.6 Å². The van der Waals surface area contributed by atoms with Gasteiger partial charge < -0.3 is 4.18 Å². The van der Waals surface area contributed by atoms with E-state index in [1.165, 1.54) is 0 Å². The second kappa shape index (κ2) is 7.47. The molecule has 0 unspecified atom stereocenters. The summed E-state index contributed by atoms with van der Waals surface area (Å²) in [5.41, 5.74) is 0.948. The van der Waals surface area contributed by atoms with E-state index in [0.29, 0.717) is 6.54 Å². The number of hydrogen-bond donors (Lipinski definition) is 0. The molecular weight excluding hydrogens is 409 g/mol. The van der Waals surface area contributed by atoms with E-state index in [4.69, 9.17) is 0 Å². The molecule has 2 aromatic rings. The molecule has 0 spiro atoms. The lowest BCUT2D eigenvalue weighted by Crippen LogP contribution is -2.50. The third kappa shape index (κ3) is 3.72. The molecule has 0 aromatic heterocycles. The number of carbonyl (C=O) groups is 1. The molecule has 0 atom stereocenters. The fourth-order valence-corrected chi connectivity index (χ4v) is 3.77. The van der Waals surface area contributed by atoms with Crippen molar-refractivity contribution in [2.75, 3.05) is 13.1 Å². The number of likely N-dealkylation sites (tertiary alicyclic amines) is 1. The molecule has 0 saturated carbocycles. The largest absolute Gasteiger partial charge is 0.347 e. The first-order valence-corrected chi connectivity index (χ1v) is 9.28. The zero-order valence-corrected chi connectivity index (χ0v) is 14.8. The fraction of sp³-hybridized carbons (Fsp3) is 0.235. The van der Waals surface area contributed by atoms with Gasteiger partial charge in [-0.2, -0.15) is 8.42 Å². The first kappa shape index (κ1) is 20.2. The molecule has 0 aliphatic carbocycles. The molecule has 2 aromatic carbocycles. The van der Waals surface area contributed by atoms with Crippen LogP contribution in [0.15, 0.2) is 35.2 Å². The minimum atomic E-state index is -5.54. The lowest BCUT2D eigenvalue weighted by atomic mass is 10.00. The first-order valence-electron chi connectivity index (χ1n) is 7.88. The van der Waals surface area contributed by atoms with Gasteiger partial charge in [0.2, 0.25) is 5.82 Å². The molecule has 1 heterocycles. The summed E-state index contributed by atoms with van der Waals surface area (Å²) >= 11 is 0. The molecule has 1 saturated heterocycles. The van der Waals surface area contributed by atoms with Crippen LogP contribution in [0.25, 0.3) is 0 Å². The summed E-state index contributed by atoms with van der Waals surface area (Å²) in [6.45, 7) is 0.704.